The largest absolute Gasteiger partial charge is 0.477 e. The van der Waals surface area contributed by atoms with Crippen LogP contribution in [-0.2, 0) is 10.0 Å². The highest BCUT2D eigenvalue weighted by Gasteiger charge is 2.36. The predicted octanol–water partition coefficient (Wildman–Crippen LogP) is 6.05. The van der Waals surface area contributed by atoms with Crippen LogP contribution >= 0.6 is 11.6 Å². The Morgan fingerprint density at radius 1 is 1.16 bits per heavy atom. The van der Waals surface area contributed by atoms with Gasteiger partial charge in [0.25, 0.3) is 15.9 Å². The van der Waals surface area contributed by atoms with Crippen molar-refractivity contribution in [3.63, 3.8) is 0 Å². The Hall–Kier alpha value is -3.18. The topological polar surface area (TPSA) is 119 Å². The molecule has 43 heavy (non-hydrogen) atoms. The molecule has 0 spiro atoms. The third kappa shape index (κ3) is 8.06. The molecule has 1 amide bonds. The summed E-state index contributed by atoms with van der Waals surface area (Å²) in [4.78, 5) is 23.3. The van der Waals surface area contributed by atoms with E-state index in [-0.39, 0.29) is 15.6 Å². The maximum absolute atomic E-state index is 12.9. The van der Waals surface area contributed by atoms with Crippen molar-refractivity contribution in [2.75, 3.05) is 25.1 Å². The SMILES string of the molecule is CN(CCCC1CCC(C)(C)C1)c1ccc(S(=O)(=O)NC(=O)c2ccc(-n3ccc(OCCC4(C)CC4)n3)nc2Cl)cn1. The Kier molecular flexibility index (Phi) is 9.04. The standard InChI is InChI=1S/C31H41ClN6O4S/c1-30(2)13-11-22(20-30)6-5-17-37(4)25-9-7-23(21-33-25)43(40,41)36-29(39)24-8-10-26(34-28(24)32)38-18-12-27(35-38)42-19-16-31(3)14-15-31/h7-10,12,18,21-22H,5-6,11,13-17,19-20H2,1-4H3,(H,36,39). The monoisotopic (exact) mass is 628 g/mol. The maximum Gasteiger partial charge on any atom is 0.268 e. The summed E-state index contributed by atoms with van der Waals surface area (Å²) in [7, 11) is -2.23. The summed E-state index contributed by atoms with van der Waals surface area (Å²) in [6.07, 6.45) is 12.5. The lowest BCUT2D eigenvalue weighted by Crippen LogP contribution is -2.31. The lowest BCUT2D eigenvalue weighted by molar-refractivity contribution is 0.0981. The first-order valence-electron chi connectivity index (χ1n) is 14.9. The van der Waals surface area contributed by atoms with Crippen molar-refractivity contribution < 1.29 is 17.9 Å². The molecular weight excluding hydrogens is 588 g/mol. The fraction of sp³-hybridized carbons (Fsp3) is 0.548. The number of amides is 1. The van der Waals surface area contributed by atoms with Gasteiger partial charge in [0, 0.05) is 32.1 Å². The highest BCUT2D eigenvalue weighted by atomic mass is 35.5. The zero-order valence-corrected chi connectivity index (χ0v) is 26.9. The first-order chi connectivity index (χ1) is 20.3. The van der Waals surface area contributed by atoms with Gasteiger partial charge in [0.15, 0.2) is 5.82 Å². The van der Waals surface area contributed by atoms with Gasteiger partial charge >= 0.3 is 0 Å². The van der Waals surface area contributed by atoms with Crippen LogP contribution < -0.4 is 14.4 Å². The number of rotatable bonds is 13. The minimum Gasteiger partial charge on any atom is -0.477 e. The number of sulfonamides is 1. The molecule has 1 N–H and O–H groups in total. The summed E-state index contributed by atoms with van der Waals surface area (Å²) in [6, 6.07) is 7.77. The number of hydrogen-bond donors (Lipinski definition) is 1. The van der Waals surface area contributed by atoms with E-state index in [1.807, 2.05) is 11.9 Å². The first kappa shape index (κ1) is 31.3. The average molecular weight is 629 g/mol. The highest BCUT2D eigenvalue weighted by Crippen LogP contribution is 2.48. The first-order valence-corrected chi connectivity index (χ1v) is 16.8. The molecule has 0 aliphatic heterocycles. The predicted molar refractivity (Wildman–Crippen MR) is 166 cm³/mol. The fourth-order valence-electron chi connectivity index (χ4n) is 5.65. The van der Waals surface area contributed by atoms with Crippen LogP contribution in [0.4, 0.5) is 5.82 Å². The molecule has 10 nitrogen and oxygen atoms in total. The second kappa shape index (κ2) is 12.4. The lowest BCUT2D eigenvalue weighted by atomic mass is 9.89. The third-order valence-electron chi connectivity index (χ3n) is 8.76. The molecule has 2 aliphatic rings. The number of pyridine rings is 2. The number of anilines is 1. The van der Waals surface area contributed by atoms with Crippen molar-refractivity contribution in [2.45, 2.75) is 77.0 Å². The summed E-state index contributed by atoms with van der Waals surface area (Å²) < 4.78 is 35.2. The van der Waals surface area contributed by atoms with Crippen LogP contribution in [0.1, 0.15) is 82.5 Å². The minimum absolute atomic E-state index is 0.0785. The number of carbonyl (C=O) groups is 1. The van der Waals surface area contributed by atoms with Crippen LogP contribution in [-0.4, -0.2) is 54.3 Å². The molecule has 12 heteroatoms. The normalized spacial score (nSPS) is 18.8. The fourth-order valence-corrected chi connectivity index (χ4v) is 6.80. The van der Waals surface area contributed by atoms with Crippen LogP contribution in [0.5, 0.6) is 5.88 Å². The number of nitrogens with zero attached hydrogens (tertiary/aromatic N) is 5. The molecule has 232 valence electrons. The second-order valence-electron chi connectivity index (χ2n) is 13.1. The van der Waals surface area contributed by atoms with E-state index in [0.717, 1.165) is 25.3 Å². The molecule has 5 rings (SSSR count). The van der Waals surface area contributed by atoms with E-state index in [1.54, 1.807) is 18.3 Å². The van der Waals surface area contributed by atoms with Crippen molar-refractivity contribution in [2.24, 2.45) is 16.7 Å². The van der Waals surface area contributed by atoms with Gasteiger partial charge in [0.1, 0.15) is 15.9 Å². The quantitative estimate of drug-likeness (QED) is 0.227. The lowest BCUT2D eigenvalue weighted by Gasteiger charge is -2.20. The van der Waals surface area contributed by atoms with E-state index >= 15 is 0 Å². The van der Waals surface area contributed by atoms with Gasteiger partial charge in [0.05, 0.1) is 12.2 Å². The molecular formula is C31H41ClN6O4S. The zero-order valence-electron chi connectivity index (χ0n) is 25.3. The zero-order chi connectivity index (χ0) is 30.8. The summed E-state index contributed by atoms with van der Waals surface area (Å²) >= 11 is 6.29. The second-order valence-corrected chi connectivity index (χ2v) is 15.2. The summed E-state index contributed by atoms with van der Waals surface area (Å²) in [5, 5.41) is 4.21. The van der Waals surface area contributed by atoms with E-state index in [2.05, 4.69) is 40.6 Å². The van der Waals surface area contributed by atoms with Crippen LogP contribution in [0.2, 0.25) is 5.15 Å². The molecule has 2 aliphatic carbocycles. The number of aromatic nitrogens is 4. The van der Waals surface area contributed by atoms with Gasteiger partial charge in [-0.2, -0.15) is 0 Å². The molecule has 0 radical (unpaired) electrons. The van der Waals surface area contributed by atoms with Gasteiger partial charge in [-0.15, -0.1) is 5.10 Å². The summed E-state index contributed by atoms with van der Waals surface area (Å²) in [5.74, 6) is 1.39. The Labute approximate surface area is 259 Å². The maximum atomic E-state index is 12.9. The Balaban J connectivity index is 1.14. The molecule has 0 bridgehead atoms. The van der Waals surface area contributed by atoms with Gasteiger partial charge in [-0.1, -0.05) is 32.4 Å². The summed E-state index contributed by atoms with van der Waals surface area (Å²) in [5.41, 5.74) is 0.767. The average Bonchev–Trinajstić information content (AvgIpc) is 3.33. The third-order valence-corrected chi connectivity index (χ3v) is 10.4. The van der Waals surface area contributed by atoms with E-state index < -0.39 is 15.9 Å². The molecule has 2 saturated carbocycles. The molecule has 1 unspecified atom stereocenters. The van der Waals surface area contributed by atoms with Gasteiger partial charge in [0.2, 0.25) is 5.88 Å². The van der Waals surface area contributed by atoms with Crippen molar-refractivity contribution in [1.82, 2.24) is 24.5 Å². The van der Waals surface area contributed by atoms with E-state index in [9.17, 15) is 13.2 Å². The Morgan fingerprint density at radius 3 is 2.60 bits per heavy atom. The Bertz CT molecular complexity index is 1550. The van der Waals surface area contributed by atoms with Crippen LogP contribution in [0.3, 0.4) is 0 Å². The molecule has 3 aromatic heterocycles. The molecule has 2 fully saturated rings. The van der Waals surface area contributed by atoms with Gasteiger partial charge in [-0.05, 0) is 92.4 Å². The number of halogens is 1. The van der Waals surface area contributed by atoms with Crippen molar-refractivity contribution in [3.8, 4) is 11.7 Å². The van der Waals surface area contributed by atoms with Crippen molar-refractivity contribution >= 4 is 33.3 Å². The minimum atomic E-state index is -4.18. The Morgan fingerprint density at radius 2 is 1.95 bits per heavy atom. The molecule has 3 aromatic rings. The molecule has 0 aromatic carbocycles. The molecule has 3 heterocycles. The van der Waals surface area contributed by atoms with Gasteiger partial charge in [-0.25, -0.2) is 27.8 Å². The van der Waals surface area contributed by atoms with E-state index in [0.29, 0.717) is 35.0 Å². The number of nitrogens with one attached hydrogen (secondary N) is 1. The van der Waals surface area contributed by atoms with E-state index in [4.69, 9.17) is 16.3 Å². The highest BCUT2D eigenvalue weighted by molar-refractivity contribution is 7.90. The number of hydrogen-bond acceptors (Lipinski definition) is 8. The molecule has 1 atom stereocenters. The van der Waals surface area contributed by atoms with Crippen LogP contribution in [0, 0.1) is 16.7 Å². The number of carbonyl (C=O) groups excluding carboxylic acids is 1. The van der Waals surface area contributed by atoms with Crippen LogP contribution in [0.15, 0.2) is 47.6 Å². The smallest absolute Gasteiger partial charge is 0.268 e. The van der Waals surface area contributed by atoms with Gasteiger partial charge < -0.3 is 9.64 Å². The van der Waals surface area contributed by atoms with E-state index in [1.165, 1.54) is 67.6 Å². The van der Waals surface area contributed by atoms with Crippen LogP contribution in [0.25, 0.3) is 5.82 Å². The summed E-state index contributed by atoms with van der Waals surface area (Å²) in [6.45, 7) is 8.35. The van der Waals surface area contributed by atoms with Gasteiger partial charge in [-0.3, -0.25) is 4.79 Å². The van der Waals surface area contributed by atoms with Crippen molar-refractivity contribution in [3.05, 3.63) is 53.4 Å². The van der Waals surface area contributed by atoms with Crippen molar-refractivity contribution in [1.29, 1.82) is 0 Å². The number of ether oxygens (including phenoxy) is 1. The molecule has 0 saturated heterocycles.